The van der Waals surface area contributed by atoms with Gasteiger partial charge in [0.2, 0.25) is 5.91 Å². The van der Waals surface area contributed by atoms with E-state index in [1.165, 1.54) is 0 Å². The summed E-state index contributed by atoms with van der Waals surface area (Å²) in [6.07, 6.45) is 2.72. The molecular weight excluding hydrogens is 318 g/mol. The second kappa shape index (κ2) is 8.20. The first-order chi connectivity index (χ1) is 11.0. The van der Waals surface area contributed by atoms with Crippen LogP contribution in [0.3, 0.4) is 0 Å². The van der Waals surface area contributed by atoms with Gasteiger partial charge in [0.25, 0.3) is 0 Å². The van der Waals surface area contributed by atoms with Crippen LogP contribution in [-0.2, 0) is 16.0 Å². The largest absolute Gasteiger partial charge is 0.493 e. The number of halogens is 1. The lowest BCUT2D eigenvalue weighted by atomic mass is 10.1. The van der Waals surface area contributed by atoms with Gasteiger partial charge < -0.3 is 14.7 Å². The molecule has 23 heavy (non-hydrogen) atoms. The van der Waals surface area contributed by atoms with Crippen molar-refractivity contribution in [1.82, 2.24) is 4.90 Å². The molecule has 1 aliphatic heterocycles. The molecule has 2 rings (SSSR count). The minimum atomic E-state index is -0.910. The molecule has 0 bridgehead atoms. The number of aliphatic carboxylic acids is 1. The zero-order valence-electron chi connectivity index (χ0n) is 13.3. The number of rotatable bonds is 8. The smallest absolute Gasteiger partial charge is 0.308 e. The first-order valence-electron chi connectivity index (χ1n) is 7.93. The summed E-state index contributed by atoms with van der Waals surface area (Å²) < 4.78 is 5.78. The zero-order chi connectivity index (χ0) is 16.8. The molecule has 0 radical (unpaired) electrons. The Balaban J connectivity index is 1.98. The number of benzene rings is 1. The van der Waals surface area contributed by atoms with Crippen LogP contribution < -0.4 is 4.74 Å². The third kappa shape index (κ3) is 4.86. The monoisotopic (exact) mass is 339 g/mol. The standard InChI is InChI=1S/C17H22ClNO4/c1-2-3-8-23-15-5-4-14(18)9-12(15)6-7-19-11-13(17(21)22)10-16(19)20/h4-5,9,13H,2-3,6-8,10-11H2,1H3,(H,21,22). The van der Waals surface area contributed by atoms with E-state index < -0.39 is 11.9 Å². The number of hydrogen-bond donors (Lipinski definition) is 1. The maximum Gasteiger partial charge on any atom is 0.308 e. The Morgan fingerprint density at radius 1 is 1.48 bits per heavy atom. The van der Waals surface area contributed by atoms with E-state index in [2.05, 4.69) is 6.92 Å². The van der Waals surface area contributed by atoms with Crippen molar-refractivity contribution >= 4 is 23.5 Å². The van der Waals surface area contributed by atoms with Crippen LogP contribution in [0.25, 0.3) is 0 Å². The van der Waals surface area contributed by atoms with E-state index in [1.807, 2.05) is 12.1 Å². The molecule has 0 aliphatic carbocycles. The molecule has 0 saturated carbocycles. The van der Waals surface area contributed by atoms with E-state index in [0.717, 1.165) is 24.2 Å². The van der Waals surface area contributed by atoms with Gasteiger partial charge in [-0.2, -0.15) is 0 Å². The van der Waals surface area contributed by atoms with Gasteiger partial charge >= 0.3 is 5.97 Å². The van der Waals surface area contributed by atoms with E-state index in [9.17, 15) is 9.59 Å². The van der Waals surface area contributed by atoms with Gasteiger partial charge in [-0.3, -0.25) is 9.59 Å². The predicted molar refractivity (Wildman–Crippen MR) is 87.9 cm³/mol. The molecule has 1 atom stereocenters. The normalized spacial score (nSPS) is 17.6. The molecule has 5 nitrogen and oxygen atoms in total. The number of nitrogens with zero attached hydrogens (tertiary/aromatic N) is 1. The van der Waals surface area contributed by atoms with E-state index in [0.29, 0.717) is 24.6 Å². The van der Waals surface area contributed by atoms with Crippen LogP contribution in [0, 0.1) is 5.92 Å². The minimum Gasteiger partial charge on any atom is -0.493 e. The van der Waals surface area contributed by atoms with Crippen LogP contribution >= 0.6 is 11.6 Å². The Hall–Kier alpha value is -1.75. The van der Waals surface area contributed by atoms with Crippen molar-refractivity contribution in [1.29, 1.82) is 0 Å². The maximum atomic E-state index is 11.9. The van der Waals surface area contributed by atoms with E-state index in [-0.39, 0.29) is 18.9 Å². The summed E-state index contributed by atoms with van der Waals surface area (Å²) in [4.78, 5) is 24.5. The molecule has 1 aromatic carbocycles. The fraction of sp³-hybridized carbons (Fsp3) is 0.529. The van der Waals surface area contributed by atoms with Crippen LogP contribution in [0.2, 0.25) is 5.02 Å². The topological polar surface area (TPSA) is 66.8 Å². The fourth-order valence-electron chi connectivity index (χ4n) is 2.62. The summed E-state index contributed by atoms with van der Waals surface area (Å²) >= 11 is 6.05. The summed E-state index contributed by atoms with van der Waals surface area (Å²) in [5.74, 6) is -0.827. The summed E-state index contributed by atoms with van der Waals surface area (Å²) in [5.41, 5.74) is 0.945. The molecular formula is C17H22ClNO4. The highest BCUT2D eigenvalue weighted by Crippen LogP contribution is 2.25. The maximum absolute atomic E-state index is 11.9. The van der Waals surface area contributed by atoms with Crippen molar-refractivity contribution in [3.05, 3.63) is 28.8 Å². The summed E-state index contributed by atoms with van der Waals surface area (Å²) in [7, 11) is 0. The van der Waals surface area contributed by atoms with E-state index >= 15 is 0 Å². The third-order valence-corrected chi connectivity index (χ3v) is 4.23. The molecule has 0 spiro atoms. The number of carboxylic acid groups (broad SMARTS) is 1. The van der Waals surface area contributed by atoms with Crippen molar-refractivity contribution in [2.75, 3.05) is 19.7 Å². The van der Waals surface area contributed by atoms with Crippen molar-refractivity contribution in [2.24, 2.45) is 5.92 Å². The number of hydrogen-bond acceptors (Lipinski definition) is 3. The number of carboxylic acids is 1. The molecule has 1 saturated heterocycles. The van der Waals surface area contributed by atoms with Crippen LogP contribution in [0.4, 0.5) is 0 Å². The van der Waals surface area contributed by atoms with Crippen LogP contribution in [0.1, 0.15) is 31.7 Å². The van der Waals surface area contributed by atoms with Gasteiger partial charge in [-0.05, 0) is 36.6 Å². The molecule has 1 unspecified atom stereocenters. The number of ether oxygens (including phenoxy) is 1. The van der Waals surface area contributed by atoms with E-state index in [4.69, 9.17) is 21.4 Å². The molecule has 1 aliphatic rings. The lowest BCUT2D eigenvalue weighted by molar-refractivity contribution is -0.141. The van der Waals surface area contributed by atoms with Crippen molar-refractivity contribution in [3.63, 3.8) is 0 Å². The second-order valence-electron chi connectivity index (χ2n) is 5.78. The highest BCUT2D eigenvalue weighted by molar-refractivity contribution is 6.30. The highest BCUT2D eigenvalue weighted by Gasteiger charge is 2.33. The van der Waals surface area contributed by atoms with Gasteiger partial charge in [0.15, 0.2) is 0 Å². The summed E-state index contributed by atoms with van der Waals surface area (Å²) in [6.45, 7) is 3.51. The Morgan fingerprint density at radius 2 is 2.26 bits per heavy atom. The lowest BCUT2D eigenvalue weighted by Crippen LogP contribution is -2.28. The second-order valence-corrected chi connectivity index (χ2v) is 6.22. The van der Waals surface area contributed by atoms with Crippen LogP contribution in [0.5, 0.6) is 5.75 Å². The van der Waals surface area contributed by atoms with Gasteiger partial charge in [-0.25, -0.2) is 0 Å². The first-order valence-corrected chi connectivity index (χ1v) is 8.31. The summed E-state index contributed by atoms with van der Waals surface area (Å²) in [5, 5.41) is 9.64. The SMILES string of the molecule is CCCCOc1ccc(Cl)cc1CCN1CC(C(=O)O)CC1=O. The quantitative estimate of drug-likeness (QED) is 0.739. The van der Waals surface area contributed by atoms with E-state index in [1.54, 1.807) is 11.0 Å². The first kappa shape index (κ1) is 17.6. The van der Waals surface area contributed by atoms with Gasteiger partial charge in [-0.1, -0.05) is 24.9 Å². The molecule has 126 valence electrons. The molecule has 1 fully saturated rings. The number of unbranched alkanes of at least 4 members (excludes halogenated alkanes) is 1. The van der Waals surface area contributed by atoms with Gasteiger partial charge in [0.1, 0.15) is 5.75 Å². The average molecular weight is 340 g/mol. The lowest BCUT2D eigenvalue weighted by Gasteiger charge is -2.18. The third-order valence-electron chi connectivity index (χ3n) is 3.99. The zero-order valence-corrected chi connectivity index (χ0v) is 14.0. The van der Waals surface area contributed by atoms with Gasteiger partial charge in [-0.15, -0.1) is 0 Å². The van der Waals surface area contributed by atoms with Crippen molar-refractivity contribution < 1.29 is 19.4 Å². The number of carbonyl (C=O) groups excluding carboxylic acids is 1. The molecule has 1 heterocycles. The highest BCUT2D eigenvalue weighted by atomic mass is 35.5. The Morgan fingerprint density at radius 3 is 2.91 bits per heavy atom. The fourth-order valence-corrected chi connectivity index (χ4v) is 2.81. The van der Waals surface area contributed by atoms with Gasteiger partial charge in [0.05, 0.1) is 12.5 Å². The Bertz CT molecular complexity index is 576. The molecule has 6 heteroatoms. The van der Waals surface area contributed by atoms with Crippen molar-refractivity contribution in [3.8, 4) is 5.75 Å². The minimum absolute atomic E-state index is 0.0880. The molecule has 1 N–H and O–H groups in total. The molecule has 1 aromatic rings. The van der Waals surface area contributed by atoms with Crippen LogP contribution in [-0.4, -0.2) is 41.6 Å². The summed E-state index contributed by atoms with van der Waals surface area (Å²) in [6, 6.07) is 5.48. The molecule has 0 aromatic heterocycles. The van der Waals surface area contributed by atoms with Gasteiger partial charge in [0, 0.05) is 24.5 Å². The average Bonchev–Trinajstić information content (AvgIpc) is 2.88. The Kier molecular flexibility index (Phi) is 6.28. The number of amides is 1. The number of likely N-dealkylation sites (tertiary alicyclic amines) is 1. The number of carbonyl (C=O) groups is 2. The molecule has 1 amide bonds. The van der Waals surface area contributed by atoms with Crippen LogP contribution in [0.15, 0.2) is 18.2 Å². The predicted octanol–water partition coefficient (Wildman–Crippen LogP) is 2.99. The van der Waals surface area contributed by atoms with Crippen molar-refractivity contribution in [2.45, 2.75) is 32.6 Å². The Labute approximate surface area is 141 Å².